The Morgan fingerprint density at radius 3 is 2.89 bits per heavy atom. The highest BCUT2D eigenvalue weighted by Gasteiger charge is 2.32. The first-order valence-corrected chi connectivity index (χ1v) is 7.30. The Kier molecular flexibility index (Phi) is 2.18. The van der Waals surface area contributed by atoms with Crippen LogP contribution in [0.1, 0.15) is 12.5 Å². The van der Waals surface area contributed by atoms with E-state index in [4.69, 9.17) is 0 Å². The predicted molar refractivity (Wildman–Crippen MR) is 79.9 cm³/mol. The Bertz CT molecular complexity index is 694. The second-order valence-corrected chi connectivity index (χ2v) is 6.25. The van der Waals surface area contributed by atoms with Gasteiger partial charge < -0.3 is 0 Å². The molecule has 2 aliphatic rings. The Hall–Kier alpha value is -1.47. The van der Waals surface area contributed by atoms with E-state index in [0.29, 0.717) is 11.2 Å². The van der Waals surface area contributed by atoms with Crippen LogP contribution in [0.3, 0.4) is 0 Å². The summed E-state index contributed by atoms with van der Waals surface area (Å²) in [6, 6.07) is 13.2. The summed E-state index contributed by atoms with van der Waals surface area (Å²) in [5, 5.41) is 3.36. The molecule has 0 amide bonds. The normalized spacial score (nSPS) is 24.8. The molecule has 18 heavy (non-hydrogen) atoms. The molecule has 2 atom stereocenters. The minimum atomic E-state index is 0.607. The lowest BCUT2D eigenvalue weighted by molar-refractivity contribution is 0.770. The van der Waals surface area contributed by atoms with Gasteiger partial charge in [-0.3, -0.25) is 0 Å². The van der Waals surface area contributed by atoms with E-state index in [9.17, 15) is 0 Å². The zero-order valence-corrected chi connectivity index (χ0v) is 11.1. The Balaban J connectivity index is 2.04. The van der Waals surface area contributed by atoms with E-state index >= 15 is 0 Å². The topological polar surface area (TPSA) is 0 Å². The molecular formula is C17H14S. The first-order chi connectivity index (χ1) is 8.84. The second kappa shape index (κ2) is 3.76. The number of thioether (sulfide) groups is 1. The van der Waals surface area contributed by atoms with Gasteiger partial charge in [0.1, 0.15) is 0 Å². The molecule has 1 aliphatic heterocycles. The quantitative estimate of drug-likeness (QED) is 0.640. The third-order valence-electron chi connectivity index (χ3n) is 3.91. The molecule has 0 bridgehead atoms. The number of rotatable bonds is 0. The fraction of sp³-hybridized carbons (Fsp3) is 0.176. The third-order valence-corrected chi connectivity index (χ3v) is 5.44. The SMILES string of the molecule is CC1C=CC=C2c3c(ccc4ccccc34)SC21. The summed E-state index contributed by atoms with van der Waals surface area (Å²) in [5.41, 5.74) is 2.99. The van der Waals surface area contributed by atoms with Gasteiger partial charge in [-0.15, -0.1) is 11.8 Å². The summed E-state index contributed by atoms with van der Waals surface area (Å²) < 4.78 is 0. The van der Waals surface area contributed by atoms with Crippen LogP contribution < -0.4 is 0 Å². The van der Waals surface area contributed by atoms with Crippen LogP contribution in [0, 0.1) is 5.92 Å². The van der Waals surface area contributed by atoms with Gasteiger partial charge in [0, 0.05) is 15.7 Å². The van der Waals surface area contributed by atoms with Crippen molar-refractivity contribution in [1.82, 2.24) is 0 Å². The van der Waals surface area contributed by atoms with Crippen molar-refractivity contribution in [3.05, 3.63) is 60.2 Å². The van der Waals surface area contributed by atoms with E-state index in [1.165, 1.54) is 26.8 Å². The van der Waals surface area contributed by atoms with Gasteiger partial charge in [0.25, 0.3) is 0 Å². The van der Waals surface area contributed by atoms with Crippen molar-refractivity contribution in [2.45, 2.75) is 17.1 Å². The summed E-state index contributed by atoms with van der Waals surface area (Å²) in [7, 11) is 0. The highest BCUT2D eigenvalue weighted by atomic mass is 32.2. The lowest BCUT2D eigenvalue weighted by Crippen LogP contribution is -2.12. The molecule has 1 heterocycles. The molecule has 2 unspecified atom stereocenters. The maximum absolute atomic E-state index is 2.31. The van der Waals surface area contributed by atoms with Crippen LogP contribution in [0.25, 0.3) is 16.3 Å². The summed E-state index contributed by atoms with van der Waals surface area (Å²) in [6.07, 6.45) is 6.83. The summed E-state index contributed by atoms with van der Waals surface area (Å²) in [4.78, 5) is 1.44. The predicted octanol–water partition coefficient (Wildman–Crippen LogP) is 4.90. The average molecular weight is 250 g/mol. The third kappa shape index (κ3) is 1.34. The highest BCUT2D eigenvalue weighted by molar-refractivity contribution is 8.01. The van der Waals surface area contributed by atoms with Gasteiger partial charge in [-0.2, -0.15) is 0 Å². The van der Waals surface area contributed by atoms with Gasteiger partial charge in [-0.1, -0.05) is 55.5 Å². The van der Waals surface area contributed by atoms with Crippen LogP contribution in [0.2, 0.25) is 0 Å². The maximum atomic E-state index is 2.31. The van der Waals surface area contributed by atoms with Crippen LogP contribution in [-0.2, 0) is 0 Å². The highest BCUT2D eigenvalue weighted by Crippen LogP contribution is 2.51. The zero-order valence-electron chi connectivity index (χ0n) is 10.3. The van der Waals surface area contributed by atoms with Crippen molar-refractivity contribution in [3.63, 3.8) is 0 Å². The summed E-state index contributed by atoms with van der Waals surface area (Å²) in [6.45, 7) is 2.31. The van der Waals surface area contributed by atoms with Crippen LogP contribution in [-0.4, -0.2) is 5.25 Å². The largest absolute Gasteiger partial charge is 0.117 e. The Morgan fingerprint density at radius 2 is 1.94 bits per heavy atom. The van der Waals surface area contributed by atoms with Crippen molar-refractivity contribution >= 4 is 28.1 Å². The van der Waals surface area contributed by atoms with E-state index < -0.39 is 0 Å². The molecule has 2 aromatic carbocycles. The molecule has 0 N–H and O–H groups in total. The molecule has 88 valence electrons. The lowest BCUT2D eigenvalue weighted by atomic mass is 9.88. The van der Waals surface area contributed by atoms with Crippen LogP contribution in [0.4, 0.5) is 0 Å². The maximum Gasteiger partial charge on any atom is 0.0411 e. The van der Waals surface area contributed by atoms with Crippen molar-refractivity contribution < 1.29 is 0 Å². The first-order valence-electron chi connectivity index (χ1n) is 6.42. The van der Waals surface area contributed by atoms with E-state index in [2.05, 4.69) is 61.5 Å². The van der Waals surface area contributed by atoms with Gasteiger partial charge in [0.05, 0.1) is 0 Å². The number of allylic oxidation sites excluding steroid dienone is 3. The van der Waals surface area contributed by atoms with Gasteiger partial charge in [0.15, 0.2) is 0 Å². The minimum absolute atomic E-state index is 0.607. The van der Waals surface area contributed by atoms with Crippen molar-refractivity contribution in [3.8, 4) is 0 Å². The molecular weight excluding hydrogens is 236 g/mol. The first kappa shape index (κ1) is 10.5. The Morgan fingerprint density at radius 1 is 1.06 bits per heavy atom. The van der Waals surface area contributed by atoms with Gasteiger partial charge in [-0.25, -0.2) is 0 Å². The molecule has 0 radical (unpaired) electrons. The fourth-order valence-electron chi connectivity index (χ4n) is 2.99. The fourth-order valence-corrected chi connectivity index (χ4v) is 4.39. The van der Waals surface area contributed by atoms with Gasteiger partial charge in [0.2, 0.25) is 0 Å². The summed E-state index contributed by atoms with van der Waals surface area (Å²) in [5.74, 6) is 0.626. The number of hydrogen-bond acceptors (Lipinski definition) is 1. The smallest absolute Gasteiger partial charge is 0.0411 e. The second-order valence-electron chi connectivity index (χ2n) is 5.06. The molecule has 0 aromatic heterocycles. The van der Waals surface area contributed by atoms with Crippen molar-refractivity contribution in [1.29, 1.82) is 0 Å². The number of hydrogen-bond donors (Lipinski definition) is 0. The average Bonchev–Trinajstić information content (AvgIpc) is 2.79. The molecule has 0 spiro atoms. The van der Waals surface area contributed by atoms with Crippen LogP contribution in [0.15, 0.2) is 59.5 Å². The summed E-state index contributed by atoms with van der Waals surface area (Å²) >= 11 is 2.02. The molecule has 0 saturated carbocycles. The van der Waals surface area contributed by atoms with E-state index in [0.717, 1.165) is 0 Å². The lowest BCUT2D eigenvalue weighted by Gasteiger charge is -2.20. The standard InChI is InChI=1S/C17H14S/c1-11-5-4-8-14-16-13-7-3-2-6-12(13)9-10-15(16)18-17(11)14/h2-11,17H,1H3. The van der Waals surface area contributed by atoms with Gasteiger partial charge >= 0.3 is 0 Å². The molecule has 0 saturated heterocycles. The van der Waals surface area contributed by atoms with Crippen molar-refractivity contribution in [2.24, 2.45) is 5.92 Å². The van der Waals surface area contributed by atoms with Crippen LogP contribution >= 0.6 is 11.8 Å². The van der Waals surface area contributed by atoms with E-state index in [-0.39, 0.29) is 0 Å². The number of fused-ring (bicyclic) bond motifs is 5. The van der Waals surface area contributed by atoms with Gasteiger partial charge in [-0.05, 0) is 28.3 Å². The number of benzene rings is 2. The Labute approximate surface area is 111 Å². The molecule has 1 aliphatic carbocycles. The molecule has 0 fully saturated rings. The van der Waals surface area contributed by atoms with E-state index in [1.54, 1.807) is 0 Å². The van der Waals surface area contributed by atoms with Crippen molar-refractivity contribution in [2.75, 3.05) is 0 Å². The van der Waals surface area contributed by atoms with E-state index in [1.807, 2.05) is 11.8 Å². The molecule has 2 aromatic rings. The monoisotopic (exact) mass is 250 g/mol. The minimum Gasteiger partial charge on any atom is -0.117 e. The van der Waals surface area contributed by atoms with Crippen LogP contribution in [0.5, 0.6) is 0 Å². The zero-order chi connectivity index (χ0) is 12.1. The molecule has 1 heteroatoms. The molecule has 4 rings (SSSR count). The molecule has 0 nitrogen and oxygen atoms in total.